The number of nitrogens with zero attached hydrogens (tertiary/aromatic N) is 2. The van der Waals surface area contributed by atoms with Crippen LogP contribution < -0.4 is 5.32 Å². The lowest BCUT2D eigenvalue weighted by atomic mass is 10.1. The van der Waals surface area contributed by atoms with E-state index in [9.17, 15) is 14.4 Å². The Bertz CT molecular complexity index is 682. The minimum Gasteiger partial charge on any atom is -0.356 e. The maximum atomic E-state index is 12.4. The molecule has 3 rings (SSSR count). The fourth-order valence-corrected chi connectivity index (χ4v) is 3.11. The van der Waals surface area contributed by atoms with Crippen LogP contribution in [0.1, 0.15) is 30.9 Å². The highest BCUT2D eigenvalue weighted by molar-refractivity contribution is 6.35. The largest absolute Gasteiger partial charge is 0.356 e. The number of rotatable bonds is 7. The third-order valence-corrected chi connectivity index (χ3v) is 5.09. The van der Waals surface area contributed by atoms with Gasteiger partial charge >= 0.3 is 11.8 Å². The molecule has 2 fully saturated rings. The quantitative estimate of drug-likeness (QED) is 0.749. The van der Waals surface area contributed by atoms with E-state index in [-0.39, 0.29) is 11.8 Å². The van der Waals surface area contributed by atoms with E-state index in [2.05, 4.69) is 5.32 Å². The monoisotopic (exact) mass is 357 g/mol. The van der Waals surface area contributed by atoms with Crippen molar-refractivity contribution in [1.82, 2.24) is 15.1 Å². The van der Waals surface area contributed by atoms with Gasteiger partial charge in [0.2, 0.25) is 5.91 Å². The molecule has 1 heterocycles. The average molecular weight is 357 g/mol. The van der Waals surface area contributed by atoms with Crippen LogP contribution in [0.5, 0.6) is 0 Å². The van der Waals surface area contributed by atoms with Gasteiger partial charge in [-0.15, -0.1) is 0 Å². The molecular weight excluding hydrogens is 330 g/mol. The summed E-state index contributed by atoms with van der Waals surface area (Å²) in [5, 5.41) is 2.93. The van der Waals surface area contributed by atoms with Crippen molar-refractivity contribution < 1.29 is 14.4 Å². The second-order valence-electron chi connectivity index (χ2n) is 7.55. The van der Waals surface area contributed by atoms with Crippen molar-refractivity contribution >= 4 is 17.7 Å². The molecule has 1 aliphatic carbocycles. The Morgan fingerprint density at radius 3 is 2.38 bits per heavy atom. The fraction of sp³-hybridized carbons (Fsp3) is 0.550. The molecule has 0 aromatic heterocycles. The minimum atomic E-state index is -0.509. The summed E-state index contributed by atoms with van der Waals surface area (Å²) in [6, 6.07) is 7.96. The number of hydrogen-bond acceptors (Lipinski definition) is 3. The molecule has 1 aromatic carbocycles. The highest BCUT2D eigenvalue weighted by Crippen LogP contribution is 2.27. The Labute approximate surface area is 154 Å². The van der Waals surface area contributed by atoms with Gasteiger partial charge in [0.15, 0.2) is 0 Å². The molecule has 3 amide bonds. The summed E-state index contributed by atoms with van der Waals surface area (Å²) in [7, 11) is 0. The fourth-order valence-electron chi connectivity index (χ4n) is 3.11. The van der Waals surface area contributed by atoms with Crippen LogP contribution in [0.2, 0.25) is 0 Å². The highest BCUT2D eigenvalue weighted by Gasteiger charge is 2.34. The van der Waals surface area contributed by atoms with Crippen LogP contribution in [0.25, 0.3) is 0 Å². The summed E-state index contributed by atoms with van der Waals surface area (Å²) < 4.78 is 0. The molecule has 1 N–H and O–H groups in total. The molecule has 6 heteroatoms. The zero-order chi connectivity index (χ0) is 18.7. The molecular formula is C20H27N3O3. The van der Waals surface area contributed by atoms with Crippen LogP contribution >= 0.6 is 0 Å². The Morgan fingerprint density at radius 1 is 1.12 bits per heavy atom. The summed E-state index contributed by atoms with van der Waals surface area (Å²) >= 11 is 0. The standard InChI is InChI=1S/C20H27N3O3/c1-14-3-5-17(6-4-14)13-23-10-9-22(19(25)20(23)26)12-15(2)18(24)21-11-16-7-8-16/h3-6,15-16H,7-13H2,1-2H3,(H,21,24). The Kier molecular flexibility index (Phi) is 5.59. The van der Waals surface area contributed by atoms with E-state index in [4.69, 9.17) is 0 Å². The lowest BCUT2D eigenvalue weighted by molar-refractivity contribution is -0.157. The number of piperazine rings is 1. The molecule has 1 saturated heterocycles. The van der Waals surface area contributed by atoms with E-state index in [0.717, 1.165) is 17.7 Å². The topological polar surface area (TPSA) is 69.7 Å². The van der Waals surface area contributed by atoms with Crippen molar-refractivity contribution in [3.63, 3.8) is 0 Å². The lowest BCUT2D eigenvalue weighted by Gasteiger charge is -2.34. The van der Waals surface area contributed by atoms with Crippen LogP contribution in [0.3, 0.4) is 0 Å². The molecule has 2 aliphatic rings. The first-order chi connectivity index (χ1) is 12.4. The van der Waals surface area contributed by atoms with Gasteiger partial charge in [-0.25, -0.2) is 0 Å². The number of amides is 3. The van der Waals surface area contributed by atoms with Crippen molar-refractivity contribution in [2.45, 2.75) is 33.2 Å². The van der Waals surface area contributed by atoms with Crippen molar-refractivity contribution in [2.75, 3.05) is 26.2 Å². The van der Waals surface area contributed by atoms with E-state index in [1.54, 1.807) is 11.8 Å². The Hall–Kier alpha value is -2.37. The van der Waals surface area contributed by atoms with Gasteiger partial charge in [0.05, 0.1) is 5.92 Å². The van der Waals surface area contributed by atoms with Crippen LogP contribution in [0, 0.1) is 18.8 Å². The second-order valence-corrected chi connectivity index (χ2v) is 7.55. The number of aryl methyl sites for hydroxylation is 1. The number of nitrogens with one attached hydrogen (secondary N) is 1. The smallest absolute Gasteiger partial charge is 0.312 e. The van der Waals surface area contributed by atoms with Gasteiger partial charge in [-0.3, -0.25) is 14.4 Å². The Morgan fingerprint density at radius 2 is 1.73 bits per heavy atom. The minimum absolute atomic E-state index is 0.0424. The molecule has 140 valence electrons. The maximum Gasteiger partial charge on any atom is 0.312 e. The molecule has 0 bridgehead atoms. The number of carbonyl (C=O) groups is 3. The van der Waals surface area contributed by atoms with Gasteiger partial charge in [-0.2, -0.15) is 0 Å². The van der Waals surface area contributed by atoms with E-state index in [1.165, 1.54) is 17.7 Å². The number of hydrogen-bond donors (Lipinski definition) is 1. The third kappa shape index (κ3) is 4.62. The zero-order valence-corrected chi connectivity index (χ0v) is 15.5. The molecule has 1 saturated carbocycles. The number of carbonyl (C=O) groups excluding carboxylic acids is 3. The van der Waals surface area contributed by atoms with Gasteiger partial charge in [0.25, 0.3) is 0 Å². The number of benzene rings is 1. The lowest BCUT2D eigenvalue weighted by Crippen LogP contribution is -2.55. The molecule has 1 atom stereocenters. The van der Waals surface area contributed by atoms with Crippen LogP contribution in [-0.2, 0) is 20.9 Å². The summed E-state index contributed by atoms with van der Waals surface area (Å²) in [5.41, 5.74) is 2.17. The van der Waals surface area contributed by atoms with E-state index in [0.29, 0.717) is 32.1 Å². The molecule has 26 heavy (non-hydrogen) atoms. The van der Waals surface area contributed by atoms with Gasteiger partial charge in [-0.05, 0) is 31.2 Å². The Balaban J connectivity index is 1.50. The SMILES string of the molecule is Cc1ccc(CN2CCN(CC(C)C(=O)NCC3CC3)C(=O)C2=O)cc1. The third-order valence-electron chi connectivity index (χ3n) is 5.09. The molecule has 1 unspecified atom stereocenters. The molecule has 0 spiro atoms. The highest BCUT2D eigenvalue weighted by atomic mass is 16.2. The van der Waals surface area contributed by atoms with Gasteiger partial charge in [-0.1, -0.05) is 36.8 Å². The summed E-state index contributed by atoms with van der Waals surface area (Å²) in [4.78, 5) is 40.1. The summed E-state index contributed by atoms with van der Waals surface area (Å²) in [6.07, 6.45) is 2.37. The maximum absolute atomic E-state index is 12.4. The summed E-state index contributed by atoms with van der Waals surface area (Å²) in [6.45, 7) is 6.24. The van der Waals surface area contributed by atoms with Crippen LogP contribution in [0.15, 0.2) is 24.3 Å². The first-order valence-electron chi connectivity index (χ1n) is 9.35. The molecule has 0 radical (unpaired) electrons. The van der Waals surface area contributed by atoms with Crippen molar-refractivity contribution in [1.29, 1.82) is 0 Å². The second kappa shape index (κ2) is 7.89. The molecule has 6 nitrogen and oxygen atoms in total. The summed E-state index contributed by atoms with van der Waals surface area (Å²) in [5.74, 6) is -0.722. The van der Waals surface area contributed by atoms with E-state index in [1.807, 2.05) is 31.2 Å². The predicted octanol–water partition coefficient (Wildman–Crippen LogP) is 1.33. The zero-order valence-electron chi connectivity index (χ0n) is 15.5. The van der Waals surface area contributed by atoms with Crippen molar-refractivity contribution in [3.05, 3.63) is 35.4 Å². The average Bonchev–Trinajstić information content (AvgIpc) is 3.45. The molecule has 1 aliphatic heterocycles. The van der Waals surface area contributed by atoms with E-state index < -0.39 is 11.8 Å². The van der Waals surface area contributed by atoms with Gasteiger partial charge < -0.3 is 15.1 Å². The van der Waals surface area contributed by atoms with Crippen molar-refractivity contribution in [2.24, 2.45) is 11.8 Å². The van der Waals surface area contributed by atoms with Crippen molar-refractivity contribution in [3.8, 4) is 0 Å². The van der Waals surface area contributed by atoms with Crippen LogP contribution in [-0.4, -0.2) is 53.7 Å². The molecule has 1 aromatic rings. The predicted molar refractivity (Wildman–Crippen MR) is 98.1 cm³/mol. The van der Waals surface area contributed by atoms with E-state index >= 15 is 0 Å². The van der Waals surface area contributed by atoms with Gasteiger partial charge in [0, 0.05) is 32.7 Å². The van der Waals surface area contributed by atoms with Gasteiger partial charge in [0.1, 0.15) is 0 Å². The normalized spacial score (nSPS) is 18.8. The first kappa shape index (κ1) is 18.4. The first-order valence-corrected chi connectivity index (χ1v) is 9.35. The van der Waals surface area contributed by atoms with Crippen LogP contribution in [0.4, 0.5) is 0 Å².